The Morgan fingerprint density at radius 1 is 1.08 bits per heavy atom. The van der Waals surface area contributed by atoms with E-state index in [2.05, 4.69) is 33.2 Å². The standard InChI is InChI=1S/C28H35IN4O5S/c1-2-3-8-17-39(37,38)33-24-10-5-4-9-22(24)31-27(35)25(33)19-26(34)30-23(28(36)32-15-6-7-16-32)18-20-11-13-21(29)14-12-20/h4-5,9-14,23,25H,2-3,6-8,15-19H2,1H3,(H,30,34)(H,31,35)/t23-,25-/m1/s1. The van der Waals surface area contributed by atoms with Crippen molar-refractivity contribution in [1.82, 2.24) is 10.2 Å². The van der Waals surface area contributed by atoms with Crippen LogP contribution in [0.3, 0.4) is 0 Å². The van der Waals surface area contributed by atoms with Crippen LogP contribution in [-0.4, -0.2) is 62.0 Å². The molecule has 3 amide bonds. The lowest BCUT2D eigenvalue weighted by Gasteiger charge is -2.37. The number of carbonyl (C=O) groups excluding carboxylic acids is 3. The minimum Gasteiger partial charge on any atom is -0.344 e. The van der Waals surface area contributed by atoms with Gasteiger partial charge in [-0.05, 0) is 71.7 Å². The van der Waals surface area contributed by atoms with Gasteiger partial charge in [-0.2, -0.15) is 0 Å². The average Bonchev–Trinajstić information content (AvgIpc) is 3.44. The molecule has 11 heteroatoms. The van der Waals surface area contributed by atoms with Gasteiger partial charge in [-0.3, -0.25) is 18.7 Å². The van der Waals surface area contributed by atoms with Crippen molar-refractivity contribution >= 4 is 61.7 Å². The molecular weight excluding hydrogens is 631 g/mol. The van der Waals surface area contributed by atoms with Gasteiger partial charge in [0.2, 0.25) is 27.7 Å². The van der Waals surface area contributed by atoms with Gasteiger partial charge in [0.05, 0.1) is 23.5 Å². The highest BCUT2D eigenvalue weighted by molar-refractivity contribution is 14.1. The lowest BCUT2D eigenvalue weighted by molar-refractivity contribution is -0.135. The second-order valence-corrected chi connectivity index (χ2v) is 13.2. The minimum atomic E-state index is -3.89. The van der Waals surface area contributed by atoms with Crippen LogP contribution in [0.2, 0.25) is 0 Å². The molecule has 9 nitrogen and oxygen atoms in total. The zero-order valence-corrected chi connectivity index (χ0v) is 25.0. The maximum Gasteiger partial charge on any atom is 0.248 e. The zero-order chi connectivity index (χ0) is 28.0. The van der Waals surface area contributed by atoms with Crippen LogP contribution in [-0.2, 0) is 30.8 Å². The van der Waals surface area contributed by atoms with Gasteiger partial charge in [0.25, 0.3) is 0 Å². The highest BCUT2D eigenvalue weighted by Gasteiger charge is 2.41. The molecule has 0 aromatic heterocycles. The number of hydrogen-bond acceptors (Lipinski definition) is 5. The van der Waals surface area contributed by atoms with Gasteiger partial charge in [-0.15, -0.1) is 0 Å². The van der Waals surface area contributed by atoms with Crippen molar-refractivity contribution in [2.24, 2.45) is 0 Å². The van der Waals surface area contributed by atoms with Crippen LogP contribution in [0.25, 0.3) is 0 Å². The van der Waals surface area contributed by atoms with Crippen LogP contribution in [0.1, 0.15) is 51.0 Å². The van der Waals surface area contributed by atoms with Crippen molar-refractivity contribution in [2.75, 3.05) is 28.5 Å². The van der Waals surface area contributed by atoms with E-state index < -0.39 is 40.3 Å². The third-order valence-corrected chi connectivity index (χ3v) is 9.65. The van der Waals surface area contributed by atoms with Crippen LogP contribution < -0.4 is 14.9 Å². The number of para-hydroxylation sites is 2. The lowest BCUT2D eigenvalue weighted by atomic mass is 10.0. The Kier molecular flexibility index (Phi) is 9.86. The number of amides is 3. The molecule has 1 saturated heterocycles. The highest BCUT2D eigenvalue weighted by Crippen LogP contribution is 2.35. The summed E-state index contributed by atoms with van der Waals surface area (Å²) in [6.45, 7) is 3.27. The number of rotatable bonds is 11. The first-order valence-corrected chi connectivity index (χ1v) is 16.1. The van der Waals surface area contributed by atoms with Gasteiger partial charge < -0.3 is 15.5 Å². The molecule has 210 valence electrons. The third kappa shape index (κ3) is 7.30. The second-order valence-electron chi connectivity index (χ2n) is 10.0. The minimum absolute atomic E-state index is 0.122. The summed E-state index contributed by atoms with van der Waals surface area (Å²) in [6.07, 6.45) is 3.79. The van der Waals surface area contributed by atoms with Crippen molar-refractivity contribution in [3.05, 3.63) is 57.7 Å². The fourth-order valence-corrected chi connectivity index (χ4v) is 7.20. The molecule has 4 rings (SSSR count). The predicted molar refractivity (Wildman–Crippen MR) is 160 cm³/mol. The normalized spacial score (nSPS) is 17.9. The van der Waals surface area contributed by atoms with E-state index in [1.54, 1.807) is 29.2 Å². The van der Waals surface area contributed by atoms with Gasteiger partial charge in [-0.25, -0.2) is 8.42 Å². The topological polar surface area (TPSA) is 116 Å². The number of nitrogens with one attached hydrogen (secondary N) is 2. The summed E-state index contributed by atoms with van der Waals surface area (Å²) >= 11 is 2.21. The molecule has 39 heavy (non-hydrogen) atoms. The fraction of sp³-hybridized carbons (Fsp3) is 0.464. The summed E-state index contributed by atoms with van der Waals surface area (Å²) in [5, 5.41) is 5.59. The largest absolute Gasteiger partial charge is 0.344 e. The van der Waals surface area contributed by atoms with Gasteiger partial charge in [0.15, 0.2) is 0 Å². The van der Waals surface area contributed by atoms with E-state index in [9.17, 15) is 22.8 Å². The molecule has 2 aliphatic rings. The second kappa shape index (κ2) is 13.1. The van der Waals surface area contributed by atoms with E-state index in [0.29, 0.717) is 37.3 Å². The number of halogens is 1. The van der Waals surface area contributed by atoms with Gasteiger partial charge in [0.1, 0.15) is 12.1 Å². The lowest BCUT2D eigenvalue weighted by Crippen LogP contribution is -2.55. The Labute approximate surface area is 243 Å². The summed E-state index contributed by atoms with van der Waals surface area (Å²) in [6, 6.07) is 12.4. The Bertz CT molecular complexity index is 1300. The van der Waals surface area contributed by atoms with Crippen LogP contribution in [0.4, 0.5) is 11.4 Å². The Hall–Kier alpha value is -2.67. The molecule has 2 aromatic carbocycles. The molecule has 2 aromatic rings. The summed E-state index contributed by atoms with van der Waals surface area (Å²) in [5.74, 6) is -1.40. The molecule has 2 aliphatic heterocycles. The first-order chi connectivity index (χ1) is 18.7. The van der Waals surface area contributed by atoms with E-state index in [1.807, 2.05) is 31.2 Å². The predicted octanol–water partition coefficient (Wildman–Crippen LogP) is 3.68. The number of likely N-dealkylation sites (tertiary alicyclic amines) is 1. The van der Waals surface area contributed by atoms with Gasteiger partial charge >= 0.3 is 0 Å². The van der Waals surface area contributed by atoms with Gasteiger partial charge in [0, 0.05) is 23.1 Å². The zero-order valence-electron chi connectivity index (χ0n) is 22.1. The summed E-state index contributed by atoms with van der Waals surface area (Å²) in [7, 11) is -3.89. The molecule has 0 saturated carbocycles. The molecule has 0 bridgehead atoms. The van der Waals surface area contributed by atoms with Crippen LogP contribution in [0.15, 0.2) is 48.5 Å². The molecule has 0 aliphatic carbocycles. The molecular formula is C28H35IN4O5S. The molecule has 0 spiro atoms. The molecule has 2 heterocycles. The number of hydrogen-bond donors (Lipinski definition) is 2. The maximum absolute atomic E-state index is 13.5. The molecule has 0 unspecified atom stereocenters. The first kappa shape index (κ1) is 29.3. The molecule has 2 atom stereocenters. The summed E-state index contributed by atoms with van der Waals surface area (Å²) in [5.41, 5.74) is 1.63. The van der Waals surface area contributed by atoms with Gasteiger partial charge in [-0.1, -0.05) is 44.0 Å². The van der Waals surface area contributed by atoms with E-state index in [4.69, 9.17) is 0 Å². The molecule has 1 fully saturated rings. The Morgan fingerprint density at radius 3 is 2.46 bits per heavy atom. The molecule has 2 N–H and O–H groups in total. The third-order valence-electron chi connectivity index (χ3n) is 7.07. The van der Waals surface area contributed by atoms with Crippen molar-refractivity contribution in [1.29, 1.82) is 0 Å². The number of sulfonamides is 1. The Balaban J connectivity index is 1.57. The number of carbonyl (C=O) groups is 3. The number of benzene rings is 2. The number of unbranched alkanes of at least 4 members (excludes halogenated alkanes) is 2. The van der Waals surface area contributed by atoms with E-state index in [-0.39, 0.29) is 11.7 Å². The summed E-state index contributed by atoms with van der Waals surface area (Å²) in [4.78, 5) is 41.7. The number of anilines is 2. The first-order valence-electron chi connectivity index (χ1n) is 13.4. The quantitative estimate of drug-likeness (QED) is 0.281. The number of nitrogens with zero attached hydrogens (tertiary/aromatic N) is 2. The summed E-state index contributed by atoms with van der Waals surface area (Å²) < 4.78 is 29.1. The van der Waals surface area contributed by atoms with Crippen molar-refractivity contribution in [2.45, 2.75) is 64.0 Å². The van der Waals surface area contributed by atoms with E-state index in [1.165, 1.54) is 0 Å². The van der Waals surface area contributed by atoms with Crippen molar-refractivity contribution in [3.63, 3.8) is 0 Å². The molecule has 0 radical (unpaired) electrons. The van der Waals surface area contributed by atoms with Crippen LogP contribution >= 0.6 is 22.6 Å². The maximum atomic E-state index is 13.5. The van der Waals surface area contributed by atoms with E-state index >= 15 is 0 Å². The fourth-order valence-electron chi connectivity index (χ4n) is 5.06. The van der Waals surface area contributed by atoms with Crippen LogP contribution in [0, 0.1) is 3.57 Å². The number of fused-ring (bicyclic) bond motifs is 1. The van der Waals surface area contributed by atoms with E-state index in [0.717, 1.165) is 39.1 Å². The average molecular weight is 667 g/mol. The smallest absolute Gasteiger partial charge is 0.248 e. The SMILES string of the molecule is CCCCCS(=O)(=O)N1c2ccccc2NC(=O)[C@H]1CC(=O)N[C@H](Cc1ccc(I)cc1)C(=O)N1CCCC1. The van der Waals surface area contributed by atoms with Crippen molar-refractivity contribution in [3.8, 4) is 0 Å². The monoisotopic (exact) mass is 666 g/mol. The highest BCUT2D eigenvalue weighted by atomic mass is 127. The van der Waals surface area contributed by atoms with Crippen LogP contribution in [0.5, 0.6) is 0 Å². The Morgan fingerprint density at radius 2 is 1.77 bits per heavy atom. The van der Waals surface area contributed by atoms with Crippen molar-refractivity contribution < 1.29 is 22.8 Å².